The number of aromatic nitrogens is 4. The first-order chi connectivity index (χ1) is 12.1. The number of benzene rings is 1. The highest BCUT2D eigenvalue weighted by molar-refractivity contribution is 8.00. The third-order valence-electron chi connectivity index (χ3n) is 4.75. The number of carbonyl (C=O) groups excluding carboxylic acids is 1. The molecule has 6 nitrogen and oxygen atoms in total. The summed E-state index contributed by atoms with van der Waals surface area (Å²) in [4.78, 5) is 15.0. The molecule has 2 aliphatic rings. The molecule has 0 radical (unpaired) electrons. The van der Waals surface area contributed by atoms with Gasteiger partial charge in [-0.2, -0.15) is 0 Å². The van der Waals surface area contributed by atoms with Crippen LogP contribution in [0.2, 0.25) is 5.02 Å². The molecule has 4 rings (SSSR count). The highest BCUT2D eigenvalue weighted by Crippen LogP contribution is 2.38. The van der Waals surface area contributed by atoms with Gasteiger partial charge in [0.2, 0.25) is 11.1 Å². The fourth-order valence-electron chi connectivity index (χ4n) is 3.34. The lowest BCUT2D eigenvalue weighted by molar-refractivity contribution is -0.131. The van der Waals surface area contributed by atoms with Crippen LogP contribution in [0.5, 0.6) is 0 Å². The van der Waals surface area contributed by atoms with Gasteiger partial charge in [0.15, 0.2) is 0 Å². The van der Waals surface area contributed by atoms with Gasteiger partial charge in [-0.3, -0.25) is 4.79 Å². The van der Waals surface area contributed by atoms with Gasteiger partial charge in [0.05, 0.1) is 17.3 Å². The summed E-state index contributed by atoms with van der Waals surface area (Å²) >= 11 is 7.58. The van der Waals surface area contributed by atoms with Crippen LogP contribution in [0.15, 0.2) is 29.4 Å². The van der Waals surface area contributed by atoms with Crippen molar-refractivity contribution in [3.8, 4) is 0 Å². The van der Waals surface area contributed by atoms with Gasteiger partial charge in [0.1, 0.15) is 0 Å². The molecule has 2 fully saturated rings. The number of rotatable bonds is 5. The molecule has 25 heavy (non-hydrogen) atoms. The first-order valence-electron chi connectivity index (χ1n) is 8.64. The molecule has 1 saturated carbocycles. The summed E-state index contributed by atoms with van der Waals surface area (Å²) in [6.45, 7) is 2.72. The van der Waals surface area contributed by atoms with Gasteiger partial charge in [-0.05, 0) is 60.7 Å². The first kappa shape index (κ1) is 16.8. The third kappa shape index (κ3) is 3.53. The normalized spacial score (nSPS) is 21.5. The van der Waals surface area contributed by atoms with Crippen molar-refractivity contribution in [1.29, 1.82) is 0 Å². The average molecular weight is 378 g/mol. The van der Waals surface area contributed by atoms with Gasteiger partial charge in [0, 0.05) is 11.6 Å². The number of likely N-dealkylation sites (tertiary alicyclic amines) is 1. The second kappa shape index (κ2) is 6.96. The zero-order chi connectivity index (χ0) is 17.4. The maximum Gasteiger partial charge on any atom is 0.236 e. The van der Waals surface area contributed by atoms with E-state index in [0.29, 0.717) is 11.1 Å². The minimum absolute atomic E-state index is 0.105. The molecule has 0 N–H and O–H groups in total. The SMILES string of the molecule is CC(Sc1nnnn1C1CC1)C(=O)N1CCCC1c1cccc(Cl)c1. The molecule has 1 aromatic carbocycles. The first-order valence-corrected chi connectivity index (χ1v) is 9.89. The molecule has 0 spiro atoms. The quantitative estimate of drug-likeness (QED) is 0.746. The number of hydrogen-bond acceptors (Lipinski definition) is 5. The molecule has 0 bridgehead atoms. The Hall–Kier alpha value is -1.60. The maximum absolute atomic E-state index is 13.0. The van der Waals surface area contributed by atoms with E-state index in [0.717, 1.165) is 42.9 Å². The van der Waals surface area contributed by atoms with E-state index in [9.17, 15) is 4.79 Å². The van der Waals surface area contributed by atoms with Crippen LogP contribution in [0, 0.1) is 0 Å². The number of thioether (sulfide) groups is 1. The molecule has 1 aliphatic heterocycles. The number of nitrogens with zero attached hydrogens (tertiary/aromatic N) is 5. The topological polar surface area (TPSA) is 63.9 Å². The van der Waals surface area contributed by atoms with Crippen molar-refractivity contribution in [3.63, 3.8) is 0 Å². The Labute approximate surface area is 155 Å². The summed E-state index contributed by atoms with van der Waals surface area (Å²) in [5.41, 5.74) is 1.11. The molecule has 2 heterocycles. The van der Waals surface area contributed by atoms with E-state index in [1.165, 1.54) is 11.8 Å². The Kier molecular flexibility index (Phi) is 4.69. The summed E-state index contributed by atoms with van der Waals surface area (Å²) in [5.74, 6) is 0.137. The maximum atomic E-state index is 13.0. The van der Waals surface area contributed by atoms with Crippen LogP contribution in [-0.2, 0) is 4.79 Å². The van der Waals surface area contributed by atoms with Crippen LogP contribution in [0.1, 0.15) is 50.3 Å². The summed E-state index contributed by atoms with van der Waals surface area (Å²) in [7, 11) is 0. The van der Waals surface area contributed by atoms with E-state index in [-0.39, 0.29) is 17.2 Å². The van der Waals surface area contributed by atoms with Gasteiger partial charge in [-0.25, -0.2) is 4.68 Å². The summed E-state index contributed by atoms with van der Waals surface area (Å²) in [6.07, 6.45) is 4.22. The lowest BCUT2D eigenvalue weighted by atomic mass is 10.0. The second-order valence-corrected chi connectivity index (χ2v) is 8.39. The number of amides is 1. The number of halogens is 1. The minimum Gasteiger partial charge on any atom is -0.335 e. The van der Waals surface area contributed by atoms with E-state index < -0.39 is 0 Å². The molecule has 1 amide bonds. The van der Waals surface area contributed by atoms with Crippen LogP contribution < -0.4 is 0 Å². The number of tetrazole rings is 1. The molecule has 132 valence electrons. The van der Waals surface area contributed by atoms with Crippen LogP contribution in [0.25, 0.3) is 0 Å². The van der Waals surface area contributed by atoms with E-state index >= 15 is 0 Å². The highest BCUT2D eigenvalue weighted by Gasteiger charge is 2.34. The molecular weight excluding hydrogens is 358 g/mol. The van der Waals surface area contributed by atoms with Crippen molar-refractivity contribution in [1.82, 2.24) is 25.1 Å². The average Bonchev–Trinajstić information content (AvgIpc) is 3.15. The molecule has 2 aromatic rings. The standard InChI is InChI=1S/C17H20ClN5OS/c1-11(25-17-19-20-21-23(17)14-7-8-14)16(24)22-9-3-6-15(22)12-4-2-5-13(18)10-12/h2,4-5,10-11,14-15H,3,6-9H2,1H3. The second-order valence-electron chi connectivity index (χ2n) is 6.64. The Bertz CT molecular complexity index is 778. The Morgan fingerprint density at radius 3 is 2.96 bits per heavy atom. The number of carbonyl (C=O) groups is 1. The predicted octanol–water partition coefficient (Wildman–Crippen LogP) is 3.51. The summed E-state index contributed by atoms with van der Waals surface area (Å²) in [5, 5.41) is 13.1. The van der Waals surface area contributed by atoms with Gasteiger partial charge in [-0.15, -0.1) is 5.10 Å². The number of hydrogen-bond donors (Lipinski definition) is 0. The molecule has 1 saturated heterocycles. The monoisotopic (exact) mass is 377 g/mol. The molecule has 1 aromatic heterocycles. The third-order valence-corrected chi connectivity index (χ3v) is 6.02. The fraction of sp³-hybridized carbons (Fsp3) is 0.529. The van der Waals surface area contributed by atoms with Gasteiger partial charge in [-0.1, -0.05) is 35.5 Å². The lowest BCUT2D eigenvalue weighted by Gasteiger charge is -2.27. The Balaban J connectivity index is 1.48. The zero-order valence-corrected chi connectivity index (χ0v) is 15.6. The van der Waals surface area contributed by atoms with Crippen LogP contribution >= 0.6 is 23.4 Å². The van der Waals surface area contributed by atoms with E-state index in [4.69, 9.17) is 11.6 Å². The van der Waals surface area contributed by atoms with Crippen molar-refractivity contribution >= 4 is 29.3 Å². The van der Waals surface area contributed by atoms with Gasteiger partial charge >= 0.3 is 0 Å². The van der Waals surface area contributed by atoms with Gasteiger partial charge < -0.3 is 4.90 Å². The van der Waals surface area contributed by atoms with Crippen LogP contribution in [-0.4, -0.2) is 42.8 Å². The largest absolute Gasteiger partial charge is 0.335 e. The van der Waals surface area contributed by atoms with Crippen LogP contribution in [0.3, 0.4) is 0 Å². The summed E-state index contributed by atoms with van der Waals surface area (Å²) in [6, 6.07) is 8.33. The van der Waals surface area contributed by atoms with E-state index in [1.54, 1.807) is 0 Å². The molecule has 2 unspecified atom stereocenters. The molecular formula is C17H20ClN5OS. The minimum atomic E-state index is -0.219. The fourth-order valence-corrected chi connectivity index (χ4v) is 4.47. The predicted molar refractivity (Wildman–Crippen MR) is 96.5 cm³/mol. The van der Waals surface area contributed by atoms with Gasteiger partial charge in [0.25, 0.3) is 0 Å². The molecule has 2 atom stereocenters. The lowest BCUT2D eigenvalue weighted by Crippen LogP contribution is -2.36. The smallest absolute Gasteiger partial charge is 0.236 e. The van der Waals surface area contributed by atoms with E-state index in [1.807, 2.05) is 40.8 Å². The molecule has 8 heteroatoms. The van der Waals surface area contributed by atoms with Crippen molar-refractivity contribution in [3.05, 3.63) is 34.9 Å². The van der Waals surface area contributed by atoms with Crippen molar-refractivity contribution in [2.45, 2.75) is 55.1 Å². The van der Waals surface area contributed by atoms with Crippen molar-refractivity contribution in [2.24, 2.45) is 0 Å². The zero-order valence-electron chi connectivity index (χ0n) is 14.0. The van der Waals surface area contributed by atoms with Crippen molar-refractivity contribution < 1.29 is 4.79 Å². The Morgan fingerprint density at radius 2 is 2.20 bits per heavy atom. The highest BCUT2D eigenvalue weighted by atomic mass is 35.5. The summed E-state index contributed by atoms with van der Waals surface area (Å²) < 4.78 is 1.85. The van der Waals surface area contributed by atoms with E-state index in [2.05, 4.69) is 15.5 Å². The Morgan fingerprint density at radius 1 is 1.36 bits per heavy atom. The van der Waals surface area contributed by atoms with Crippen LogP contribution in [0.4, 0.5) is 0 Å². The molecule has 1 aliphatic carbocycles. The van der Waals surface area contributed by atoms with Crippen molar-refractivity contribution in [2.75, 3.05) is 6.54 Å².